The highest BCUT2D eigenvalue weighted by molar-refractivity contribution is 7.94. The van der Waals surface area contributed by atoms with E-state index >= 15 is 0 Å². The molecule has 1 aliphatic heterocycles. The number of thiophene rings is 1. The molecule has 1 saturated heterocycles. The van der Waals surface area contributed by atoms with Crippen LogP contribution >= 0.6 is 34.5 Å². The minimum absolute atomic E-state index is 0.0734. The van der Waals surface area contributed by atoms with E-state index < -0.39 is 33.6 Å². The summed E-state index contributed by atoms with van der Waals surface area (Å²) in [5.41, 5.74) is -0.159. The van der Waals surface area contributed by atoms with E-state index in [2.05, 4.69) is 4.72 Å². The molecular weight excluding hydrogens is 560 g/mol. The molecule has 1 fully saturated rings. The molecule has 4 rings (SSSR count). The van der Waals surface area contributed by atoms with Gasteiger partial charge in [-0.15, -0.1) is 11.3 Å². The molecule has 0 saturated carbocycles. The van der Waals surface area contributed by atoms with Crippen molar-refractivity contribution in [1.82, 2.24) is 4.90 Å². The van der Waals surface area contributed by atoms with Crippen molar-refractivity contribution in [3.63, 3.8) is 0 Å². The molecule has 3 aromatic rings. The van der Waals surface area contributed by atoms with Crippen LogP contribution in [0.3, 0.4) is 0 Å². The number of hydrogen-bond donors (Lipinski definition) is 1. The first-order chi connectivity index (χ1) is 16.9. The molecule has 194 valence electrons. The third kappa shape index (κ3) is 5.86. The summed E-state index contributed by atoms with van der Waals surface area (Å²) in [5.74, 6) is 0.00894. The maximum absolute atomic E-state index is 13.6. The molecule has 0 unspecified atom stereocenters. The third-order valence-corrected chi connectivity index (χ3v) is 9.01. The lowest BCUT2D eigenvalue weighted by Gasteiger charge is -2.19. The molecule has 1 aromatic heterocycles. The Balaban J connectivity index is 1.65. The summed E-state index contributed by atoms with van der Waals surface area (Å²) in [6, 6.07) is 9.10. The highest BCUT2D eigenvalue weighted by Gasteiger charge is 2.36. The number of benzene rings is 2. The minimum Gasteiger partial charge on any atom is -0.496 e. The summed E-state index contributed by atoms with van der Waals surface area (Å²) in [5, 5.41) is 0.404. The average Bonchev–Trinajstić information content (AvgIpc) is 3.38. The molecule has 2 heterocycles. The molecule has 36 heavy (non-hydrogen) atoms. The van der Waals surface area contributed by atoms with E-state index in [-0.39, 0.29) is 14.2 Å². The molecule has 0 radical (unpaired) electrons. The van der Waals surface area contributed by atoms with Crippen LogP contribution in [0, 0.1) is 0 Å². The summed E-state index contributed by atoms with van der Waals surface area (Å²) < 4.78 is 80.3. The van der Waals surface area contributed by atoms with Gasteiger partial charge in [-0.1, -0.05) is 23.2 Å². The topological polar surface area (TPSA) is 67.9 Å². The second-order valence-electron chi connectivity index (χ2n) is 8.20. The van der Waals surface area contributed by atoms with Crippen LogP contribution in [0.2, 0.25) is 9.36 Å². The highest BCUT2D eigenvalue weighted by atomic mass is 35.5. The van der Waals surface area contributed by atoms with E-state index in [9.17, 15) is 21.6 Å². The Labute approximate surface area is 220 Å². The third-order valence-electron chi connectivity index (χ3n) is 5.56. The van der Waals surface area contributed by atoms with Crippen LogP contribution in [-0.4, -0.2) is 46.7 Å². The van der Waals surface area contributed by atoms with E-state index in [1.165, 1.54) is 13.2 Å². The van der Waals surface area contributed by atoms with Crippen molar-refractivity contribution >= 4 is 50.2 Å². The van der Waals surface area contributed by atoms with Gasteiger partial charge in [-0.3, -0.25) is 4.72 Å². The van der Waals surface area contributed by atoms with Crippen molar-refractivity contribution in [2.45, 2.75) is 22.9 Å². The van der Waals surface area contributed by atoms with Gasteiger partial charge in [-0.2, -0.15) is 13.2 Å². The van der Waals surface area contributed by atoms with Crippen molar-refractivity contribution in [2.24, 2.45) is 0 Å². The van der Waals surface area contributed by atoms with Gasteiger partial charge in [-0.05, 0) is 49.9 Å². The Morgan fingerprint density at radius 1 is 1.08 bits per heavy atom. The van der Waals surface area contributed by atoms with Crippen LogP contribution in [0.1, 0.15) is 12.0 Å². The molecule has 1 aliphatic rings. The van der Waals surface area contributed by atoms with E-state index in [0.29, 0.717) is 41.4 Å². The van der Waals surface area contributed by atoms with E-state index in [1.807, 2.05) is 11.9 Å². The van der Waals surface area contributed by atoms with Gasteiger partial charge in [0.15, 0.2) is 0 Å². The Kier molecular flexibility index (Phi) is 7.68. The van der Waals surface area contributed by atoms with Gasteiger partial charge in [0.1, 0.15) is 26.1 Å². The monoisotopic (exact) mass is 580 g/mol. The fraction of sp³-hybridized carbons (Fsp3) is 0.304. The molecule has 1 N–H and O–H groups in total. The van der Waals surface area contributed by atoms with E-state index in [4.69, 9.17) is 32.7 Å². The zero-order chi connectivity index (χ0) is 26.3. The smallest absolute Gasteiger partial charge is 0.419 e. The Bertz CT molecular complexity index is 1380. The van der Waals surface area contributed by atoms with Gasteiger partial charge >= 0.3 is 6.18 Å². The number of anilines is 1. The van der Waals surface area contributed by atoms with Crippen LogP contribution in [0.5, 0.6) is 11.5 Å². The Morgan fingerprint density at radius 3 is 2.47 bits per heavy atom. The predicted molar refractivity (Wildman–Crippen MR) is 135 cm³/mol. The van der Waals surface area contributed by atoms with Crippen molar-refractivity contribution in [3.05, 3.63) is 57.4 Å². The largest absolute Gasteiger partial charge is 0.496 e. The number of hydrogen-bond acceptors (Lipinski definition) is 6. The van der Waals surface area contributed by atoms with Gasteiger partial charge in [0, 0.05) is 35.3 Å². The number of likely N-dealkylation sites (tertiary alicyclic amines) is 1. The number of methoxy groups -OCH3 is 1. The first-order valence-electron chi connectivity index (χ1n) is 10.6. The second-order valence-corrected chi connectivity index (χ2v) is 12.2. The van der Waals surface area contributed by atoms with Crippen LogP contribution in [0.25, 0.3) is 11.1 Å². The van der Waals surface area contributed by atoms with Gasteiger partial charge in [0.05, 0.1) is 18.4 Å². The molecule has 6 nitrogen and oxygen atoms in total. The molecule has 2 aromatic carbocycles. The van der Waals surface area contributed by atoms with Crippen molar-refractivity contribution < 1.29 is 31.1 Å². The fourth-order valence-corrected chi connectivity index (χ4v) is 6.82. The van der Waals surface area contributed by atoms with Gasteiger partial charge in [-0.25, -0.2) is 8.42 Å². The summed E-state index contributed by atoms with van der Waals surface area (Å²) in [7, 11) is -0.885. The molecule has 0 bridgehead atoms. The number of ether oxygens (including phenoxy) is 2. The van der Waals surface area contributed by atoms with Gasteiger partial charge in [0.2, 0.25) is 0 Å². The number of sulfonamides is 1. The first kappa shape index (κ1) is 26.9. The lowest BCUT2D eigenvalue weighted by molar-refractivity contribution is -0.139. The van der Waals surface area contributed by atoms with Crippen LogP contribution in [0.4, 0.5) is 18.9 Å². The predicted octanol–water partition coefficient (Wildman–Crippen LogP) is 6.63. The van der Waals surface area contributed by atoms with Gasteiger partial charge < -0.3 is 14.4 Å². The van der Waals surface area contributed by atoms with Crippen LogP contribution < -0.4 is 14.2 Å². The highest BCUT2D eigenvalue weighted by Crippen LogP contribution is 2.43. The summed E-state index contributed by atoms with van der Waals surface area (Å²) in [6.45, 7) is 1.16. The lowest BCUT2D eigenvalue weighted by Crippen LogP contribution is -2.23. The van der Waals surface area contributed by atoms with Crippen LogP contribution in [-0.2, 0) is 16.2 Å². The standard InChI is InChI=1S/C23H21Cl2F3N2O4S2/c1-30-8-7-15(12-30)34-20-10-14(4-5-18(20)23(26,27)28)29-36(31,32)21-11-17(22(25)35-21)16-9-13(24)3-6-19(16)33-2/h3-6,9-11,15,29H,7-8,12H2,1-2H3/t15-/m1/s1. The normalized spacial score (nSPS) is 16.8. The quantitative estimate of drug-likeness (QED) is 0.339. The summed E-state index contributed by atoms with van der Waals surface area (Å²) in [4.78, 5) is 1.94. The van der Waals surface area contributed by atoms with E-state index in [0.717, 1.165) is 29.5 Å². The SMILES string of the molecule is COc1ccc(Cl)cc1-c1cc(S(=O)(=O)Nc2ccc(C(F)(F)F)c(O[C@@H]3CCN(C)C3)c2)sc1Cl. The number of likely N-dealkylation sites (N-methyl/N-ethyl adjacent to an activating group) is 1. The van der Waals surface area contributed by atoms with E-state index in [1.54, 1.807) is 18.2 Å². The molecule has 1 atom stereocenters. The Hall–Kier alpha value is -2.18. The number of rotatable bonds is 7. The number of nitrogens with zero attached hydrogens (tertiary/aromatic N) is 1. The number of nitrogens with one attached hydrogen (secondary N) is 1. The summed E-state index contributed by atoms with van der Waals surface area (Å²) >= 11 is 13.2. The zero-order valence-corrected chi connectivity index (χ0v) is 22.2. The molecule has 13 heteroatoms. The molecule has 0 aliphatic carbocycles. The van der Waals surface area contributed by atoms with Crippen molar-refractivity contribution in [1.29, 1.82) is 0 Å². The maximum Gasteiger partial charge on any atom is 0.419 e. The average molecular weight is 581 g/mol. The summed E-state index contributed by atoms with van der Waals surface area (Å²) in [6.07, 6.45) is -4.54. The number of halogens is 5. The second kappa shape index (κ2) is 10.3. The first-order valence-corrected chi connectivity index (χ1v) is 13.7. The Morgan fingerprint density at radius 2 is 1.83 bits per heavy atom. The zero-order valence-electron chi connectivity index (χ0n) is 19.0. The van der Waals surface area contributed by atoms with Crippen molar-refractivity contribution in [3.8, 4) is 22.6 Å². The fourth-order valence-electron chi connectivity index (χ4n) is 3.85. The molecule has 0 spiro atoms. The lowest BCUT2D eigenvalue weighted by atomic mass is 10.1. The van der Waals surface area contributed by atoms with Crippen molar-refractivity contribution in [2.75, 3.05) is 32.0 Å². The van der Waals surface area contributed by atoms with Crippen LogP contribution in [0.15, 0.2) is 46.7 Å². The number of alkyl halides is 3. The maximum atomic E-state index is 13.6. The molecular formula is C23H21Cl2F3N2O4S2. The minimum atomic E-state index is -4.66. The molecule has 0 amide bonds. The van der Waals surface area contributed by atoms with Gasteiger partial charge in [0.25, 0.3) is 10.0 Å².